The fraction of sp³-hybridized carbons (Fsp3) is 0.111. The summed E-state index contributed by atoms with van der Waals surface area (Å²) >= 11 is 1.47. The van der Waals surface area contributed by atoms with Crippen LogP contribution in [-0.4, -0.2) is 16.0 Å². The number of nitrogens with zero attached hydrogens (tertiary/aromatic N) is 1. The summed E-state index contributed by atoms with van der Waals surface area (Å²) in [6.07, 6.45) is 0.498. The molecular formula is C18H16N2O2S. The molecule has 0 aliphatic heterocycles. The number of aromatic nitrogens is 1. The monoisotopic (exact) mass is 324 g/mol. The Morgan fingerprint density at radius 3 is 2.17 bits per heavy atom. The van der Waals surface area contributed by atoms with E-state index in [-0.39, 0.29) is 6.04 Å². The van der Waals surface area contributed by atoms with E-state index in [1.54, 1.807) is 30.5 Å². The lowest BCUT2D eigenvalue weighted by atomic mass is 10.1. The van der Waals surface area contributed by atoms with Crippen molar-refractivity contribution < 1.29 is 9.90 Å². The summed E-state index contributed by atoms with van der Waals surface area (Å²) in [4.78, 5) is 16.7. The average Bonchev–Trinajstić information content (AvgIpc) is 3.14. The van der Waals surface area contributed by atoms with E-state index in [9.17, 15) is 9.90 Å². The smallest absolute Gasteiger partial charge is 0.254 e. The zero-order chi connectivity index (χ0) is 16.1. The van der Waals surface area contributed by atoms with E-state index in [0.29, 0.717) is 5.56 Å². The number of rotatable bonds is 5. The van der Waals surface area contributed by atoms with Crippen molar-refractivity contribution in [3.05, 3.63) is 88.4 Å². The van der Waals surface area contributed by atoms with E-state index in [1.165, 1.54) is 11.3 Å². The van der Waals surface area contributed by atoms with Crippen LogP contribution < -0.4 is 5.32 Å². The molecule has 0 saturated carbocycles. The van der Waals surface area contributed by atoms with Crippen LogP contribution in [0.2, 0.25) is 0 Å². The standard InChI is InChI=1S/C18H16N2O2S/c21-16(14-9-5-2-6-10-14)17(22)20-15(18-19-11-12-23-18)13-7-3-1-4-8-13/h1-12,15-16,21H,(H,20,22)/t15-,16+/m1/s1. The SMILES string of the molecule is O=C(N[C@H](c1ccccc1)c1nccs1)[C@@H](O)c1ccccc1. The zero-order valence-corrected chi connectivity index (χ0v) is 13.1. The van der Waals surface area contributed by atoms with Crippen LogP contribution in [0.5, 0.6) is 0 Å². The number of aliphatic hydroxyl groups excluding tert-OH is 1. The maximum absolute atomic E-state index is 12.4. The number of nitrogens with one attached hydrogen (secondary N) is 1. The van der Waals surface area contributed by atoms with Crippen LogP contribution in [0.15, 0.2) is 72.2 Å². The van der Waals surface area contributed by atoms with Gasteiger partial charge in [0.25, 0.3) is 5.91 Å². The Labute approximate surface area is 138 Å². The lowest BCUT2D eigenvalue weighted by Gasteiger charge is -2.19. The second-order valence-electron chi connectivity index (χ2n) is 5.04. The quantitative estimate of drug-likeness (QED) is 0.758. The number of aliphatic hydroxyl groups is 1. The van der Waals surface area contributed by atoms with Gasteiger partial charge in [0.1, 0.15) is 11.0 Å². The topological polar surface area (TPSA) is 62.2 Å². The molecule has 0 bridgehead atoms. The number of hydrogen-bond donors (Lipinski definition) is 2. The van der Waals surface area contributed by atoms with Crippen LogP contribution in [0, 0.1) is 0 Å². The van der Waals surface area contributed by atoms with Gasteiger partial charge in [0.15, 0.2) is 6.10 Å². The molecule has 5 heteroatoms. The molecule has 0 aliphatic carbocycles. The number of carbonyl (C=O) groups excluding carboxylic acids is 1. The largest absolute Gasteiger partial charge is 0.378 e. The van der Waals surface area contributed by atoms with Gasteiger partial charge in [0, 0.05) is 11.6 Å². The Bertz CT molecular complexity index is 745. The molecule has 0 radical (unpaired) electrons. The van der Waals surface area contributed by atoms with E-state index in [4.69, 9.17) is 0 Å². The van der Waals surface area contributed by atoms with Crippen molar-refractivity contribution >= 4 is 17.2 Å². The normalized spacial score (nSPS) is 13.3. The van der Waals surface area contributed by atoms with E-state index in [1.807, 2.05) is 41.8 Å². The maximum atomic E-state index is 12.4. The highest BCUT2D eigenvalue weighted by Crippen LogP contribution is 2.25. The van der Waals surface area contributed by atoms with Gasteiger partial charge in [-0.3, -0.25) is 4.79 Å². The summed E-state index contributed by atoms with van der Waals surface area (Å²) in [5, 5.41) is 15.8. The van der Waals surface area contributed by atoms with Crippen molar-refractivity contribution in [3.8, 4) is 0 Å². The molecule has 1 aromatic heterocycles. The lowest BCUT2D eigenvalue weighted by molar-refractivity contribution is -0.130. The van der Waals surface area contributed by atoms with Crippen molar-refractivity contribution in [2.45, 2.75) is 12.1 Å². The van der Waals surface area contributed by atoms with E-state index in [0.717, 1.165) is 10.6 Å². The van der Waals surface area contributed by atoms with Gasteiger partial charge in [-0.15, -0.1) is 11.3 Å². The minimum atomic E-state index is -1.21. The first-order valence-corrected chi connectivity index (χ1v) is 8.11. The van der Waals surface area contributed by atoms with Crippen LogP contribution in [-0.2, 0) is 4.79 Å². The first-order chi connectivity index (χ1) is 11.3. The molecule has 0 spiro atoms. The fourth-order valence-corrected chi connectivity index (χ4v) is 3.03. The number of thiazole rings is 1. The van der Waals surface area contributed by atoms with E-state index in [2.05, 4.69) is 10.3 Å². The molecule has 2 atom stereocenters. The minimum absolute atomic E-state index is 0.373. The number of hydrogen-bond acceptors (Lipinski definition) is 4. The van der Waals surface area contributed by atoms with Gasteiger partial charge in [0.2, 0.25) is 0 Å². The molecule has 4 nitrogen and oxygen atoms in total. The molecule has 3 rings (SSSR count). The van der Waals surface area contributed by atoms with Crippen molar-refractivity contribution in [2.75, 3.05) is 0 Å². The molecular weight excluding hydrogens is 308 g/mol. The van der Waals surface area contributed by atoms with Crippen LogP contribution in [0.1, 0.15) is 28.3 Å². The highest BCUT2D eigenvalue weighted by Gasteiger charge is 2.24. The minimum Gasteiger partial charge on any atom is -0.378 e. The number of carbonyl (C=O) groups is 1. The first-order valence-electron chi connectivity index (χ1n) is 7.23. The molecule has 1 amide bonds. The first kappa shape index (κ1) is 15.4. The van der Waals surface area contributed by atoms with Gasteiger partial charge in [-0.05, 0) is 11.1 Å². The number of amides is 1. The third-order valence-corrected chi connectivity index (χ3v) is 4.32. The van der Waals surface area contributed by atoms with Gasteiger partial charge < -0.3 is 10.4 Å². The Morgan fingerprint density at radius 1 is 1.00 bits per heavy atom. The third-order valence-electron chi connectivity index (χ3n) is 3.48. The number of benzene rings is 2. The molecule has 3 aromatic rings. The molecule has 0 aliphatic rings. The molecule has 0 saturated heterocycles. The third kappa shape index (κ3) is 3.64. The van der Waals surface area contributed by atoms with Crippen molar-refractivity contribution in [3.63, 3.8) is 0 Å². The predicted molar refractivity (Wildman–Crippen MR) is 89.9 cm³/mol. The van der Waals surface area contributed by atoms with E-state index >= 15 is 0 Å². The van der Waals surface area contributed by atoms with Crippen LogP contribution >= 0.6 is 11.3 Å². The summed E-state index contributed by atoms with van der Waals surface area (Å²) in [6, 6.07) is 18.1. The second-order valence-corrected chi connectivity index (χ2v) is 5.96. The van der Waals surface area contributed by atoms with Crippen LogP contribution in [0.3, 0.4) is 0 Å². The molecule has 2 N–H and O–H groups in total. The Hall–Kier alpha value is -2.50. The molecule has 1 heterocycles. The second kappa shape index (κ2) is 7.17. The highest BCUT2D eigenvalue weighted by atomic mass is 32.1. The Kier molecular flexibility index (Phi) is 4.80. The summed E-state index contributed by atoms with van der Waals surface area (Å²) in [7, 11) is 0. The predicted octanol–water partition coefficient (Wildman–Crippen LogP) is 3.08. The zero-order valence-electron chi connectivity index (χ0n) is 12.3. The molecule has 116 valence electrons. The van der Waals surface area contributed by atoms with Gasteiger partial charge in [0.05, 0.1) is 0 Å². The maximum Gasteiger partial charge on any atom is 0.254 e. The van der Waals surface area contributed by atoms with Gasteiger partial charge in [-0.1, -0.05) is 60.7 Å². The van der Waals surface area contributed by atoms with E-state index < -0.39 is 12.0 Å². The lowest BCUT2D eigenvalue weighted by Crippen LogP contribution is -2.33. The average molecular weight is 324 g/mol. The fourth-order valence-electron chi connectivity index (χ4n) is 2.32. The molecule has 23 heavy (non-hydrogen) atoms. The van der Waals surface area contributed by atoms with Crippen molar-refractivity contribution in [2.24, 2.45) is 0 Å². The van der Waals surface area contributed by atoms with Crippen LogP contribution in [0.4, 0.5) is 0 Å². The van der Waals surface area contributed by atoms with Crippen molar-refractivity contribution in [1.82, 2.24) is 10.3 Å². The van der Waals surface area contributed by atoms with Gasteiger partial charge >= 0.3 is 0 Å². The summed E-state index contributed by atoms with van der Waals surface area (Å²) < 4.78 is 0. The van der Waals surface area contributed by atoms with Crippen LogP contribution in [0.25, 0.3) is 0 Å². The summed E-state index contributed by atoms with van der Waals surface area (Å²) in [6.45, 7) is 0. The van der Waals surface area contributed by atoms with Gasteiger partial charge in [-0.25, -0.2) is 4.98 Å². The summed E-state index contributed by atoms with van der Waals surface area (Å²) in [5.41, 5.74) is 1.49. The molecule has 0 fully saturated rings. The van der Waals surface area contributed by atoms with Gasteiger partial charge in [-0.2, -0.15) is 0 Å². The van der Waals surface area contributed by atoms with Crippen molar-refractivity contribution in [1.29, 1.82) is 0 Å². The Morgan fingerprint density at radius 2 is 1.61 bits per heavy atom. The summed E-state index contributed by atoms with van der Waals surface area (Å²) in [5.74, 6) is -0.444. The highest BCUT2D eigenvalue weighted by molar-refractivity contribution is 7.09. The molecule has 0 unspecified atom stereocenters. The Balaban J connectivity index is 1.83. The molecule has 2 aromatic carbocycles.